The van der Waals surface area contributed by atoms with Crippen LogP contribution in [-0.2, 0) is 4.79 Å². The van der Waals surface area contributed by atoms with Gasteiger partial charge in [-0.15, -0.1) is 0 Å². The number of nitrogens with zero attached hydrogens (tertiary/aromatic N) is 2. The van der Waals surface area contributed by atoms with E-state index in [0.29, 0.717) is 16.9 Å². The highest BCUT2D eigenvalue weighted by Crippen LogP contribution is 2.43. The first kappa shape index (κ1) is 23.3. The minimum Gasteiger partial charge on any atom is -0.479 e. The lowest BCUT2D eigenvalue weighted by atomic mass is 9.83. The molecule has 0 amide bonds. The van der Waals surface area contributed by atoms with Crippen molar-refractivity contribution < 1.29 is 28.3 Å². The second-order valence-corrected chi connectivity index (χ2v) is 7.61. The number of nitro groups is 1. The quantitative estimate of drug-likeness (QED) is 0.241. The van der Waals surface area contributed by atoms with E-state index in [0.717, 1.165) is 0 Å². The Kier molecular flexibility index (Phi) is 6.33. The van der Waals surface area contributed by atoms with Crippen LogP contribution in [0.3, 0.4) is 0 Å². The van der Waals surface area contributed by atoms with Crippen molar-refractivity contribution in [2.45, 2.75) is 18.9 Å². The number of carbonyl (C=O) groups is 1. The van der Waals surface area contributed by atoms with Crippen LogP contribution in [0.1, 0.15) is 24.0 Å². The molecule has 0 aromatic heterocycles. The van der Waals surface area contributed by atoms with Crippen LogP contribution in [0.4, 0.5) is 10.1 Å². The first-order chi connectivity index (χ1) is 16.8. The number of rotatable bonds is 6. The van der Waals surface area contributed by atoms with Gasteiger partial charge in [-0.05, 0) is 42.8 Å². The lowest BCUT2D eigenvalue weighted by Gasteiger charge is -2.26. The van der Waals surface area contributed by atoms with Gasteiger partial charge in [0, 0.05) is 23.8 Å². The van der Waals surface area contributed by atoms with Gasteiger partial charge in [0.2, 0.25) is 5.88 Å². The molecule has 4 rings (SSSR count). The fourth-order valence-corrected chi connectivity index (χ4v) is 3.60. The Labute approximate surface area is 198 Å². The first-order valence-electron chi connectivity index (χ1n) is 10.4. The SMILES string of the molecule is CC(Oc1ccc(F)cc1)C(=O)Oc1ccc2c(c1)OC(N)=C(C#N)C2c1ccc([N+](=O)[O-])cc1. The van der Waals surface area contributed by atoms with E-state index >= 15 is 0 Å². The Morgan fingerprint density at radius 1 is 1.14 bits per heavy atom. The molecule has 2 atom stereocenters. The van der Waals surface area contributed by atoms with E-state index in [1.54, 1.807) is 18.2 Å². The molecular formula is C25H18FN3O6. The van der Waals surface area contributed by atoms with Crippen LogP contribution in [0.25, 0.3) is 0 Å². The highest BCUT2D eigenvalue weighted by Gasteiger charge is 2.31. The van der Waals surface area contributed by atoms with Gasteiger partial charge >= 0.3 is 5.97 Å². The number of hydrogen-bond acceptors (Lipinski definition) is 8. The average Bonchev–Trinajstić information content (AvgIpc) is 2.84. The summed E-state index contributed by atoms with van der Waals surface area (Å²) in [5.74, 6) is -1.16. The molecule has 10 heteroatoms. The van der Waals surface area contributed by atoms with Gasteiger partial charge < -0.3 is 19.9 Å². The lowest BCUT2D eigenvalue weighted by molar-refractivity contribution is -0.384. The third-order valence-corrected chi connectivity index (χ3v) is 5.30. The van der Waals surface area contributed by atoms with E-state index in [4.69, 9.17) is 19.9 Å². The number of hydrogen-bond donors (Lipinski definition) is 1. The van der Waals surface area contributed by atoms with Crippen LogP contribution in [-0.4, -0.2) is 17.0 Å². The maximum Gasteiger partial charge on any atom is 0.352 e. The molecule has 1 aliphatic rings. The number of non-ortho nitro benzene ring substituents is 1. The summed E-state index contributed by atoms with van der Waals surface area (Å²) in [6.07, 6.45) is -0.986. The monoisotopic (exact) mass is 475 g/mol. The molecule has 3 aromatic rings. The molecule has 0 saturated heterocycles. The van der Waals surface area contributed by atoms with Crippen molar-refractivity contribution in [3.63, 3.8) is 0 Å². The fourth-order valence-electron chi connectivity index (χ4n) is 3.60. The summed E-state index contributed by atoms with van der Waals surface area (Å²) in [5.41, 5.74) is 7.21. The van der Waals surface area contributed by atoms with Crippen molar-refractivity contribution in [3.05, 3.63) is 105 Å². The molecule has 0 saturated carbocycles. The normalized spacial score (nSPS) is 15.3. The zero-order valence-corrected chi connectivity index (χ0v) is 18.3. The summed E-state index contributed by atoms with van der Waals surface area (Å²) in [7, 11) is 0. The fraction of sp³-hybridized carbons (Fsp3) is 0.120. The second kappa shape index (κ2) is 9.52. The molecule has 9 nitrogen and oxygen atoms in total. The number of halogens is 1. The molecule has 0 spiro atoms. The van der Waals surface area contributed by atoms with E-state index in [1.165, 1.54) is 55.5 Å². The molecule has 2 unspecified atom stereocenters. The molecule has 0 fully saturated rings. The molecule has 176 valence electrons. The summed E-state index contributed by atoms with van der Waals surface area (Å²) in [4.78, 5) is 23.0. The predicted octanol–water partition coefficient (Wildman–Crippen LogP) is 4.32. The molecule has 3 aromatic carbocycles. The summed E-state index contributed by atoms with van der Waals surface area (Å²) in [6.45, 7) is 1.49. The highest BCUT2D eigenvalue weighted by atomic mass is 19.1. The number of esters is 1. The van der Waals surface area contributed by atoms with Gasteiger partial charge in [-0.3, -0.25) is 10.1 Å². The molecule has 0 bridgehead atoms. The number of nitriles is 1. The highest BCUT2D eigenvalue weighted by molar-refractivity contribution is 5.77. The summed E-state index contributed by atoms with van der Waals surface area (Å²) in [6, 6.07) is 17.6. The van der Waals surface area contributed by atoms with E-state index in [2.05, 4.69) is 0 Å². The molecular weight excluding hydrogens is 457 g/mol. The van der Waals surface area contributed by atoms with Gasteiger partial charge in [-0.1, -0.05) is 18.2 Å². The number of allylic oxidation sites excluding steroid dienone is 1. The van der Waals surface area contributed by atoms with Gasteiger partial charge in [0.15, 0.2) is 6.10 Å². The second-order valence-electron chi connectivity index (χ2n) is 7.61. The zero-order valence-electron chi connectivity index (χ0n) is 18.3. The Hall–Kier alpha value is -4.91. The van der Waals surface area contributed by atoms with Crippen molar-refractivity contribution >= 4 is 11.7 Å². The lowest BCUT2D eigenvalue weighted by Crippen LogP contribution is -2.28. The maximum atomic E-state index is 13.1. The standard InChI is InChI=1S/C25H18FN3O6/c1-14(33-18-8-4-16(26)5-9-18)25(30)34-19-10-11-20-22(12-19)35-24(28)21(13-27)23(20)15-2-6-17(7-3-15)29(31)32/h2-12,14,23H,28H2,1H3. The average molecular weight is 475 g/mol. The smallest absolute Gasteiger partial charge is 0.352 e. The van der Waals surface area contributed by atoms with Crippen molar-refractivity contribution in [1.82, 2.24) is 0 Å². The molecule has 2 N–H and O–H groups in total. The molecule has 0 aliphatic carbocycles. The van der Waals surface area contributed by atoms with E-state index in [9.17, 15) is 24.6 Å². The van der Waals surface area contributed by atoms with Crippen LogP contribution < -0.4 is 19.9 Å². The van der Waals surface area contributed by atoms with Crippen LogP contribution >= 0.6 is 0 Å². The minimum atomic E-state index is -0.986. The third-order valence-electron chi connectivity index (χ3n) is 5.30. The van der Waals surface area contributed by atoms with Gasteiger partial charge in [0.1, 0.15) is 34.7 Å². The van der Waals surface area contributed by atoms with Crippen molar-refractivity contribution in [2.75, 3.05) is 0 Å². The summed E-state index contributed by atoms with van der Waals surface area (Å²) < 4.78 is 29.5. The zero-order chi connectivity index (χ0) is 25.1. The van der Waals surface area contributed by atoms with Gasteiger partial charge in [0.05, 0.1) is 10.8 Å². The number of ether oxygens (including phenoxy) is 3. The molecule has 1 heterocycles. The number of fused-ring (bicyclic) bond motifs is 1. The Morgan fingerprint density at radius 3 is 2.43 bits per heavy atom. The van der Waals surface area contributed by atoms with E-state index < -0.39 is 28.7 Å². The van der Waals surface area contributed by atoms with Crippen LogP contribution in [0.5, 0.6) is 17.2 Å². The predicted molar refractivity (Wildman–Crippen MR) is 121 cm³/mol. The van der Waals surface area contributed by atoms with Gasteiger partial charge in [0.25, 0.3) is 5.69 Å². The number of nitrogens with two attached hydrogens (primary N) is 1. The van der Waals surface area contributed by atoms with E-state index in [-0.39, 0.29) is 28.6 Å². The number of benzene rings is 3. The maximum absolute atomic E-state index is 13.1. The van der Waals surface area contributed by atoms with Gasteiger partial charge in [-0.2, -0.15) is 5.26 Å². The van der Waals surface area contributed by atoms with E-state index in [1.807, 2.05) is 6.07 Å². The summed E-state index contributed by atoms with van der Waals surface area (Å²) in [5, 5.41) is 20.6. The van der Waals surface area contributed by atoms with Crippen molar-refractivity contribution in [2.24, 2.45) is 5.73 Å². The molecule has 1 aliphatic heterocycles. The first-order valence-corrected chi connectivity index (χ1v) is 10.4. The topological polar surface area (TPSA) is 138 Å². The molecule has 0 radical (unpaired) electrons. The van der Waals surface area contributed by atoms with Crippen molar-refractivity contribution in [3.8, 4) is 23.3 Å². The Morgan fingerprint density at radius 2 is 1.80 bits per heavy atom. The van der Waals surface area contributed by atoms with Crippen LogP contribution in [0.15, 0.2) is 78.2 Å². The summed E-state index contributed by atoms with van der Waals surface area (Å²) >= 11 is 0. The Balaban J connectivity index is 1.57. The number of nitro benzene ring substituents is 1. The number of carbonyl (C=O) groups excluding carboxylic acids is 1. The Bertz CT molecular complexity index is 1360. The largest absolute Gasteiger partial charge is 0.479 e. The minimum absolute atomic E-state index is 0.0873. The van der Waals surface area contributed by atoms with Crippen LogP contribution in [0, 0.1) is 27.3 Å². The third kappa shape index (κ3) is 4.89. The van der Waals surface area contributed by atoms with Crippen LogP contribution in [0.2, 0.25) is 0 Å². The van der Waals surface area contributed by atoms with Crippen molar-refractivity contribution in [1.29, 1.82) is 5.26 Å². The molecule has 35 heavy (non-hydrogen) atoms. The van der Waals surface area contributed by atoms with Gasteiger partial charge in [-0.25, -0.2) is 9.18 Å².